The average Bonchev–Trinajstić information content (AvgIpc) is 3.17. The summed E-state index contributed by atoms with van der Waals surface area (Å²) in [5.41, 5.74) is 6.53. The molecule has 1 saturated heterocycles. The first-order valence-electron chi connectivity index (χ1n) is 11.6. The summed E-state index contributed by atoms with van der Waals surface area (Å²) >= 11 is 0. The number of amides is 2. The van der Waals surface area contributed by atoms with Gasteiger partial charge in [0.2, 0.25) is 0 Å². The summed E-state index contributed by atoms with van der Waals surface area (Å²) in [6.45, 7) is 6.57. The number of aliphatic hydroxyl groups is 1. The Kier molecular flexibility index (Phi) is 8.21. The number of ether oxygens (including phenoxy) is 2. The quantitative estimate of drug-likeness (QED) is 0.610. The van der Waals surface area contributed by atoms with Crippen LogP contribution >= 0.6 is 0 Å². The van der Waals surface area contributed by atoms with Crippen LogP contribution in [0.1, 0.15) is 55.6 Å². The molecule has 2 aromatic rings. The SMILES string of the molecule is CN(CCO)C(=O)c1ccc(OCc2cnn(C3CCN(C(=O)OC(C)(C)C)CC3)c2N)c(F)c1. The lowest BCUT2D eigenvalue weighted by Gasteiger charge is -2.33. The Morgan fingerprint density at radius 1 is 1.29 bits per heavy atom. The summed E-state index contributed by atoms with van der Waals surface area (Å²) in [5.74, 6) is -0.649. The molecule has 11 heteroatoms. The third-order valence-electron chi connectivity index (χ3n) is 5.72. The third-order valence-corrected chi connectivity index (χ3v) is 5.72. The minimum absolute atomic E-state index is 0.0100. The van der Waals surface area contributed by atoms with Gasteiger partial charge in [-0.05, 0) is 51.8 Å². The van der Waals surface area contributed by atoms with Gasteiger partial charge in [0.1, 0.15) is 18.0 Å². The number of hydrogen-bond donors (Lipinski definition) is 2. The summed E-state index contributed by atoms with van der Waals surface area (Å²) < 4.78 is 27.3. The molecule has 1 aromatic carbocycles. The summed E-state index contributed by atoms with van der Waals surface area (Å²) in [6, 6.07) is 4.00. The maximum Gasteiger partial charge on any atom is 0.410 e. The van der Waals surface area contributed by atoms with Gasteiger partial charge in [-0.3, -0.25) is 4.79 Å². The summed E-state index contributed by atoms with van der Waals surface area (Å²) in [7, 11) is 1.53. The molecule has 0 bridgehead atoms. The van der Waals surface area contributed by atoms with E-state index in [2.05, 4.69) is 5.10 Å². The molecule has 0 saturated carbocycles. The molecule has 2 heterocycles. The lowest BCUT2D eigenvalue weighted by atomic mass is 10.1. The smallest absolute Gasteiger partial charge is 0.410 e. The minimum atomic E-state index is -0.672. The van der Waals surface area contributed by atoms with Crippen molar-refractivity contribution in [1.29, 1.82) is 0 Å². The number of hydrogen-bond acceptors (Lipinski definition) is 7. The number of nitrogens with zero attached hydrogens (tertiary/aromatic N) is 4. The lowest BCUT2D eigenvalue weighted by Crippen LogP contribution is -2.42. The number of nitrogens with two attached hydrogens (primary N) is 1. The van der Waals surface area contributed by atoms with Crippen molar-refractivity contribution < 1.29 is 28.6 Å². The second-order valence-corrected chi connectivity index (χ2v) is 9.58. The topological polar surface area (TPSA) is 123 Å². The average molecular weight is 492 g/mol. The second kappa shape index (κ2) is 10.9. The van der Waals surface area contributed by atoms with Crippen LogP contribution in [0.25, 0.3) is 0 Å². The Hall–Kier alpha value is -3.34. The monoisotopic (exact) mass is 491 g/mol. The number of carbonyl (C=O) groups is 2. The molecule has 3 N–H and O–H groups in total. The number of carbonyl (C=O) groups excluding carboxylic acids is 2. The molecule has 1 aliphatic rings. The number of likely N-dealkylation sites (N-methyl/N-ethyl adjacent to an activating group) is 1. The van der Waals surface area contributed by atoms with Crippen LogP contribution in [-0.2, 0) is 11.3 Å². The fourth-order valence-electron chi connectivity index (χ4n) is 3.81. The Labute approximate surface area is 204 Å². The predicted octanol–water partition coefficient (Wildman–Crippen LogP) is 2.82. The zero-order valence-electron chi connectivity index (χ0n) is 20.7. The highest BCUT2D eigenvalue weighted by Crippen LogP contribution is 2.28. The van der Waals surface area contributed by atoms with Gasteiger partial charge in [-0.2, -0.15) is 5.10 Å². The van der Waals surface area contributed by atoms with Gasteiger partial charge in [-0.1, -0.05) is 0 Å². The third kappa shape index (κ3) is 6.62. The molecule has 0 aliphatic carbocycles. The number of nitrogen functional groups attached to an aromatic ring is 1. The van der Waals surface area contributed by atoms with Gasteiger partial charge in [0.25, 0.3) is 5.91 Å². The van der Waals surface area contributed by atoms with Gasteiger partial charge in [-0.25, -0.2) is 13.9 Å². The molecular formula is C24H34FN5O5. The van der Waals surface area contributed by atoms with E-state index in [9.17, 15) is 14.0 Å². The van der Waals surface area contributed by atoms with Crippen LogP contribution < -0.4 is 10.5 Å². The Morgan fingerprint density at radius 2 is 1.97 bits per heavy atom. The molecule has 1 fully saturated rings. The van der Waals surface area contributed by atoms with Gasteiger partial charge in [0, 0.05) is 32.2 Å². The molecule has 192 valence electrons. The fourth-order valence-corrected chi connectivity index (χ4v) is 3.81. The predicted molar refractivity (Wildman–Crippen MR) is 127 cm³/mol. The number of likely N-dealkylation sites (tertiary alicyclic amines) is 1. The van der Waals surface area contributed by atoms with Gasteiger partial charge in [0.05, 0.1) is 24.4 Å². The van der Waals surface area contributed by atoms with E-state index in [1.165, 1.54) is 24.1 Å². The summed E-state index contributed by atoms with van der Waals surface area (Å²) in [6.07, 6.45) is 2.63. The highest BCUT2D eigenvalue weighted by atomic mass is 19.1. The van der Waals surface area contributed by atoms with E-state index in [0.717, 1.165) is 6.07 Å². The normalized spacial score (nSPS) is 14.6. The van der Waals surface area contributed by atoms with E-state index < -0.39 is 17.3 Å². The van der Waals surface area contributed by atoms with Crippen LogP contribution in [0.5, 0.6) is 5.75 Å². The van der Waals surface area contributed by atoms with Gasteiger partial charge >= 0.3 is 6.09 Å². The van der Waals surface area contributed by atoms with Gasteiger partial charge in [-0.15, -0.1) is 0 Å². The Bertz CT molecular complexity index is 1040. The van der Waals surface area contributed by atoms with Crippen molar-refractivity contribution in [2.24, 2.45) is 0 Å². The molecule has 3 rings (SSSR count). The van der Waals surface area contributed by atoms with Gasteiger partial charge < -0.3 is 30.1 Å². The fraction of sp³-hybridized carbons (Fsp3) is 0.542. The largest absolute Gasteiger partial charge is 0.486 e. The zero-order valence-corrected chi connectivity index (χ0v) is 20.7. The van der Waals surface area contributed by atoms with Crippen molar-refractivity contribution in [3.63, 3.8) is 0 Å². The molecule has 1 aromatic heterocycles. The molecule has 2 amide bonds. The standard InChI is InChI=1S/C24H34FN5O5/c1-24(2,3)35-23(33)29-9-7-18(8-10-29)30-21(26)17(14-27-30)15-34-20-6-5-16(13-19(20)25)22(32)28(4)11-12-31/h5-6,13-14,18,31H,7-12,15,26H2,1-4H3. The van der Waals surface area contributed by atoms with Crippen molar-refractivity contribution in [3.05, 3.63) is 41.3 Å². The van der Waals surface area contributed by atoms with E-state index in [0.29, 0.717) is 37.3 Å². The minimum Gasteiger partial charge on any atom is -0.486 e. The summed E-state index contributed by atoms with van der Waals surface area (Å²) in [5, 5.41) is 13.4. The van der Waals surface area contributed by atoms with Crippen LogP contribution in [0.2, 0.25) is 0 Å². The maximum atomic E-state index is 14.5. The van der Waals surface area contributed by atoms with Crippen LogP contribution in [0.3, 0.4) is 0 Å². The first-order valence-corrected chi connectivity index (χ1v) is 11.6. The van der Waals surface area contributed by atoms with Crippen molar-refractivity contribution >= 4 is 17.8 Å². The first-order chi connectivity index (χ1) is 16.5. The lowest BCUT2D eigenvalue weighted by molar-refractivity contribution is 0.0185. The molecule has 0 unspecified atom stereocenters. The molecule has 10 nitrogen and oxygen atoms in total. The molecule has 0 spiro atoms. The van der Waals surface area contributed by atoms with Gasteiger partial charge in [0.15, 0.2) is 11.6 Å². The van der Waals surface area contributed by atoms with Crippen LogP contribution in [-0.4, -0.2) is 75.6 Å². The molecule has 35 heavy (non-hydrogen) atoms. The number of piperidine rings is 1. The number of aromatic nitrogens is 2. The van der Waals surface area contributed by atoms with Crippen molar-refractivity contribution in [2.45, 2.75) is 51.9 Å². The number of anilines is 1. The van der Waals surface area contributed by atoms with Crippen LogP contribution in [0.15, 0.2) is 24.4 Å². The van der Waals surface area contributed by atoms with Crippen molar-refractivity contribution in [2.75, 3.05) is 39.0 Å². The highest BCUT2D eigenvalue weighted by molar-refractivity contribution is 5.94. The van der Waals surface area contributed by atoms with Crippen LogP contribution in [0, 0.1) is 5.82 Å². The molecule has 1 aliphatic heterocycles. The second-order valence-electron chi connectivity index (χ2n) is 9.58. The van der Waals surface area contributed by atoms with E-state index >= 15 is 0 Å². The van der Waals surface area contributed by atoms with E-state index in [1.54, 1.807) is 15.8 Å². The maximum absolute atomic E-state index is 14.5. The molecule has 0 radical (unpaired) electrons. The first kappa shape index (κ1) is 26.3. The van der Waals surface area contributed by atoms with E-state index in [1.807, 2.05) is 20.8 Å². The zero-order chi connectivity index (χ0) is 25.8. The van der Waals surface area contributed by atoms with Crippen molar-refractivity contribution in [1.82, 2.24) is 19.6 Å². The number of aliphatic hydroxyl groups excluding tert-OH is 1. The van der Waals surface area contributed by atoms with E-state index in [-0.39, 0.29) is 43.2 Å². The highest BCUT2D eigenvalue weighted by Gasteiger charge is 2.29. The Morgan fingerprint density at radius 3 is 2.57 bits per heavy atom. The number of rotatable bonds is 7. The summed E-state index contributed by atoms with van der Waals surface area (Å²) in [4.78, 5) is 27.5. The van der Waals surface area contributed by atoms with Crippen LogP contribution in [0.4, 0.5) is 15.0 Å². The number of benzene rings is 1. The molecule has 0 atom stereocenters. The number of halogens is 1. The van der Waals surface area contributed by atoms with Crippen molar-refractivity contribution in [3.8, 4) is 5.75 Å². The molecular weight excluding hydrogens is 457 g/mol. The van der Waals surface area contributed by atoms with E-state index in [4.69, 9.17) is 20.3 Å². The Balaban J connectivity index is 1.58.